The number of aromatic nitrogens is 2. The van der Waals surface area contributed by atoms with Gasteiger partial charge in [0.05, 0.1) is 5.39 Å². The monoisotopic (exact) mass is 376 g/mol. The lowest BCUT2D eigenvalue weighted by molar-refractivity contribution is -0.117. The molecule has 7 heteroatoms. The zero-order valence-electron chi connectivity index (χ0n) is 15.6. The number of hydrazine groups is 1. The Morgan fingerprint density at radius 3 is 2.39 bits per heavy atom. The minimum Gasteiger partial charge on any atom is -0.268 e. The molecule has 0 bridgehead atoms. The smallest absolute Gasteiger partial charge is 0.268 e. The molecule has 2 aromatic carbocycles. The van der Waals surface area contributed by atoms with Crippen molar-refractivity contribution >= 4 is 28.7 Å². The highest BCUT2D eigenvalue weighted by Gasteiger charge is 2.16. The summed E-state index contributed by atoms with van der Waals surface area (Å²) in [4.78, 5) is 36.8. The second-order valence-corrected chi connectivity index (χ2v) is 6.20. The summed E-state index contributed by atoms with van der Waals surface area (Å²) in [6.07, 6.45) is 2.97. The van der Waals surface area contributed by atoms with E-state index in [1.165, 1.54) is 10.8 Å². The molecule has 0 aliphatic rings. The summed E-state index contributed by atoms with van der Waals surface area (Å²) in [5, 5.41) is 4.95. The number of hydrogen-bond acceptors (Lipinski definition) is 4. The molecule has 2 amide bonds. The first kappa shape index (κ1) is 19.0. The van der Waals surface area contributed by atoms with Crippen molar-refractivity contribution in [2.24, 2.45) is 0 Å². The van der Waals surface area contributed by atoms with Crippen LogP contribution in [0.2, 0.25) is 0 Å². The normalized spacial score (nSPS) is 10.9. The summed E-state index contributed by atoms with van der Waals surface area (Å²) in [7, 11) is 0. The van der Waals surface area contributed by atoms with Crippen LogP contribution >= 0.6 is 0 Å². The molecule has 0 radical (unpaired) electrons. The van der Waals surface area contributed by atoms with E-state index in [1.807, 2.05) is 31.2 Å². The Kier molecular flexibility index (Phi) is 5.64. The van der Waals surface area contributed by atoms with E-state index in [4.69, 9.17) is 0 Å². The maximum absolute atomic E-state index is 12.5. The molecular formula is C21H20N4O3. The molecule has 0 spiro atoms. The molecule has 0 aliphatic carbocycles. The minimum absolute atomic E-state index is 0.0693. The van der Waals surface area contributed by atoms with Crippen LogP contribution in [0.1, 0.15) is 28.5 Å². The van der Waals surface area contributed by atoms with E-state index in [1.54, 1.807) is 37.3 Å². The van der Waals surface area contributed by atoms with Crippen LogP contribution < -0.4 is 16.4 Å². The van der Waals surface area contributed by atoms with Crippen molar-refractivity contribution in [3.63, 3.8) is 0 Å². The van der Waals surface area contributed by atoms with Gasteiger partial charge in [-0.3, -0.25) is 25.2 Å². The van der Waals surface area contributed by atoms with E-state index in [2.05, 4.69) is 16.0 Å². The molecule has 0 atom stereocenters. The van der Waals surface area contributed by atoms with Crippen LogP contribution in [0.3, 0.4) is 0 Å². The van der Waals surface area contributed by atoms with Gasteiger partial charge in [-0.1, -0.05) is 48.0 Å². The summed E-state index contributed by atoms with van der Waals surface area (Å²) in [6.45, 7) is 4.08. The predicted octanol–water partition coefficient (Wildman–Crippen LogP) is 2.20. The van der Waals surface area contributed by atoms with Crippen LogP contribution in [0.25, 0.3) is 16.8 Å². The number of carbonyl (C=O) groups is 2. The fourth-order valence-electron chi connectivity index (χ4n) is 2.69. The first-order valence-corrected chi connectivity index (χ1v) is 8.84. The van der Waals surface area contributed by atoms with Crippen LogP contribution in [0, 0.1) is 6.92 Å². The van der Waals surface area contributed by atoms with Gasteiger partial charge in [0.1, 0.15) is 0 Å². The quantitative estimate of drug-likeness (QED) is 0.539. The van der Waals surface area contributed by atoms with Gasteiger partial charge < -0.3 is 0 Å². The fraction of sp³-hybridized carbons (Fsp3) is 0.143. The van der Waals surface area contributed by atoms with E-state index >= 15 is 0 Å². The van der Waals surface area contributed by atoms with Crippen LogP contribution in [0.4, 0.5) is 0 Å². The van der Waals surface area contributed by atoms with Crippen molar-refractivity contribution in [1.29, 1.82) is 0 Å². The average Bonchev–Trinajstić information content (AvgIpc) is 2.72. The third-order valence-electron chi connectivity index (χ3n) is 4.19. The van der Waals surface area contributed by atoms with Crippen LogP contribution in [-0.4, -0.2) is 21.6 Å². The van der Waals surface area contributed by atoms with Gasteiger partial charge in [0, 0.05) is 18.0 Å². The zero-order chi connectivity index (χ0) is 20.1. The van der Waals surface area contributed by atoms with Crippen molar-refractivity contribution < 1.29 is 9.59 Å². The van der Waals surface area contributed by atoms with Gasteiger partial charge in [-0.05, 0) is 31.6 Å². The third kappa shape index (κ3) is 4.15. The Bertz CT molecular complexity index is 1110. The maximum atomic E-state index is 12.5. The van der Waals surface area contributed by atoms with Gasteiger partial charge in [0.2, 0.25) is 0 Å². The summed E-state index contributed by atoms with van der Waals surface area (Å²) in [6, 6.07) is 14.4. The number of fused-ring (bicyclic) bond motifs is 1. The van der Waals surface area contributed by atoms with Gasteiger partial charge in [0.15, 0.2) is 5.69 Å². The first-order valence-electron chi connectivity index (χ1n) is 8.84. The van der Waals surface area contributed by atoms with Gasteiger partial charge >= 0.3 is 0 Å². The van der Waals surface area contributed by atoms with Gasteiger partial charge in [-0.15, -0.1) is 0 Å². The van der Waals surface area contributed by atoms with Crippen molar-refractivity contribution in [3.05, 3.63) is 81.8 Å². The Hall–Kier alpha value is -3.74. The van der Waals surface area contributed by atoms with Crippen molar-refractivity contribution in [1.82, 2.24) is 20.6 Å². The molecule has 1 heterocycles. The Morgan fingerprint density at radius 1 is 1.04 bits per heavy atom. The Labute approximate surface area is 161 Å². The molecule has 0 fully saturated rings. The first-order chi connectivity index (χ1) is 13.5. The van der Waals surface area contributed by atoms with Crippen molar-refractivity contribution in [2.45, 2.75) is 20.4 Å². The number of aryl methyl sites for hydroxylation is 2. The number of hydrogen-bond donors (Lipinski definition) is 2. The summed E-state index contributed by atoms with van der Waals surface area (Å²) in [5.41, 5.74) is 6.47. The highest BCUT2D eigenvalue weighted by Crippen LogP contribution is 2.13. The molecule has 7 nitrogen and oxygen atoms in total. The summed E-state index contributed by atoms with van der Waals surface area (Å²) in [5.74, 6) is -1.09. The molecule has 28 heavy (non-hydrogen) atoms. The van der Waals surface area contributed by atoms with Gasteiger partial charge in [-0.25, -0.2) is 4.68 Å². The highest BCUT2D eigenvalue weighted by atomic mass is 16.2. The number of nitrogens with one attached hydrogen (secondary N) is 2. The standard InChI is InChI=1S/C21H20N4O3/c1-3-25-21(28)17-7-5-4-6-16(17)19(24-25)20(27)23-22-18(26)13-12-15-10-8-14(2)9-11-15/h4-13H,3H2,1-2H3,(H,22,26)(H,23,27)/b13-12+. The largest absolute Gasteiger partial charge is 0.290 e. The van der Waals surface area contributed by atoms with E-state index < -0.39 is 11.8 Å². The predicted molar refractivity (Wildman–Crippen MR) is 107 cm³/mol. The van der Waals surface area contributed by atoms with E-state index in [9.17, 15) is 14.4 Å². The number of amides is 2. The fourth-order valence-corrected chi connectivity index (χ4v) is 2.69. The minimum atomic E-state index is -0.601. The Balaban J connectivity index is 1.74. The lowest BCUT2D eigenvalue weighted by Gasteiger charge is -2.10. The number of benzene rings is 2. The molecule has 1 aromatic heterocycles. The lowest BCUT2D eigenvalue weighted by atomic mass is 10.1. The van der Waals surface area contributed by atoms with Crippen molar-refractivity contribution in [2.75, 3.05) is 0 Å². The van der Waals surface area contributed by atoms with Gasteiger partial charge in [-0.2, -0.15) is 5.10 Å². The second kappa shape index (κ2) is 8.30. The van der Waals surface area contributed by atoms with E-state index in [0.717, 1.165) is 11.1 Å². The van der Waals surface area contributed by atoms with E-state index in [-0.39, 0.29) is 11.3 Å². The summed E-state index contributed by atoms with van der Waals surface area (Å²) >= 11 is 0. The Morgan fingerprint density at radius 2 is 1.71 bits per heavy atom. The number of nitrogens with zero attached hydrogens (tertiary/aromatic N) is 2. The molecule has 0 unspecified atom stereocenters. The molecule has 0 saturated heterocycles. The number of rotatable bonds is 4. The number of carbonyl (C=O) groups excluding carboxylic acids is 2. The van der Waals surface area contributed by atoms with E-state index in [0.29, 0.717) is 17.3 Å². The molecule has 142 valence electrons. The molecule has 3 aromatic rings. The SMILES string of the molecule is CCn1nc(C(=O)NNC(=O)/C=C/c2ccc(C)cc2)c2ccccc2c1=O. The molecule has 2 N–H and O–H groups in total. The topological polar surface area (TPSA) is 93.1 Å². The highest BCUT2D eigenvalue weighted by molar-refractivity contribution is 6.05. The van der Waals surface area contributed by atoms with Crippen LogP contribution in [-0.2, 0) is 11.3 Å². The van der Waals surface area contributed by atoms with Crippen molar-refractivity contribution in [3.8, 4) is 0 Å². The zero-order valence-corrected chi connectivity index (χ0v) is 15.6. The molecule has 3 rings (SSSR count). The average molecular weight is 376 g/mol. The maximum Gasteiger partial charge on any atom is 0.290 e. The summed E-state index contributed by atoms with van der Waals surface area (Å²) < 4.78 is 1.22. The van der Waals surface area contributed by atoms with Crippen LogP contribution in [0.5, 0.6) is 0 Å². The molecule has 0 aliphatic heterocycles. The molecule has 0 saturated carbocycles. The third-order valence-corrected chi connectivity index (χ3v) is 4.19. The lowest BCUT2D eigenvalue weighted by Crippen LogP contribution is -2.42. The molecular weight excluding hydrogens is 356 g/mol. The van der Waals surface area contributed by atoms with Gasteiger partial charge in [0.25, 0.3) is 17.4 Å². The van der Waals surface area contributed by atoms with Crippen LogP contribution in [0.15, 0.2) is 59.4 Å². The second-order valence-electron chi connectivity index (χ2n) is 6.20.